The zero-order valence-corrected chi connectivity index (χ0v) is 10.7. The molecule has 0 saturated carbocycles. The molecule has 1 N–H and O–H groups in total. The van der Waals surface area contributed by atoms with Crippen LogP contribution in [0, 0.1) is 0 Å². The summed E-state index contributed by atoms with van der Waals surface area (Å²) in [6.45, 7) is 1.09. The first-order valence-electron chi connectivity index (χ1n) is 5.97. The van der Waals surface area contributed by atoms with Crippen molar-refractivity contribution in [3.8, 4) is 0 Å². The number of aromatic nitrogens is 1. The molecule has 0 amide bonds. The third-order valence-corrected chi connectivity index (χ3v) is 2.93. The number of hydrogen-bond donors (Lipinski definition) is 1. The van der Waals surface area contributed by atoms with Crippen molar-refractivity contribution in [3.63, 3.8) is 0 Å². The van der Waals surface area contributed by atoms with Gasteiger partial charge < -0.3 is 14.6 Å². The van der Waals surface area contributed by atoms with Gasteiger partial charge in [0.15, 0.2) is 6.29 Å². The van der Waals surface area contributed by atoms with Gasteiger partial charge in [0.2, 0.25) is 0 Å². The minimum absolute atomic E-state index is 0.449. The average Bonchev–Trinajstić information content (AvgIpc) is 2.67. The Balaban J connectivity index is 2.30. The highest BCUT2D eigenvalue weighted by Gasteiger charge is 2.11. The highest BCUT2D eigenvalue weighted by Crippen LogP contribution is 2.20. The first kappa shape index (κ1) is 12.8. The van der Waals surface area contributed by atoms with E-state index in [2.05, 4.69) is 0 Å². The monoisotopic (exact) mass is 246 g/mol. The van der Waals surface area contributed by atoms with Crippen LogP contribution in [0.3, 0.4) is 0 Å². The van der Waals surface area contributed by atoms with E-state index in [1.807, 2.05) is 47.8 Å². The summed E-state index contributed by atoms with van der Waals surface area (Å²) in [6, 6.07) is 7.74. The third-order valence-electron chi connectivity index (χ3n) is 2.93. The van der Waals surface area contributed by atoms with Gasteiger partial charge in [-0.25, -0.2) is 0 Å². The number of fused-ring (bicyclic) bond motifs is 1. The summed E-state index contributed by atoms with van der Waals surface area (Å²) >= 11 is 0. The Morgan fingerprint density at radius 2 is 2.11 bits per heavy atom. The highest BCUT2D eigenvalue weighted by atomic mass is 16.3. The summed E-state index contributed by atoms with van der Waals surface area (Å²) in [5.74, 6) is 0. The summed E-state index contributed by atoms with van der Waals surface area (Å²) in [5.41, 5.74) is 1.65. The van der Waals surface area contributed by atoms with Crippen molar-refractivity contribution in [2.75, 3.05) is 20.6 Å². The van der Waals surface area contributed by atoms with Crippen molar-refractivity contribution in [2.45, 2.75) is 12.6 Å². The molecule has 96 valence electrons. The minimum atomic E-state index is -0.449. The number of benzene rings is 1. The molecule has 4 heteroatoms. The van der Waals surface area contributed by atoms with Gasteiger partial charge in [0.25, 0.3) is 0 Å². The van der Waals surface area contributed by atoms with Crippen molar-refractivity contribution in [3.05, 3.63) is 36.0 Å². The van der Waals surface area contributed by atoms with Crippen LogP contribution in [0.15, 0.2) is 30.5 Å². The van der Waals surface area contributed by atoms with Gasteiger partial charge in [0, 0.05) is 35.8 Å². The number of rotatable bonds is 5. The molecule has 0 aliphatic rings. The van der Waals surface area contributed by atoms with Gasteiger partial charge in [-0.05, 0) is 20.2 Å². The largest absolute Gasteiger partial charge is 0.390 e. The van der Waals surface area contributed by atoms with Crippen LogP contribution in [0.25, 0.3) is 10.9 Å². The fraction of sp³-hybridized carbons (Fsp3) is 0.357. The number of hydrogen-bond acceptors (Lipinski definition) is 3. The van der Waals surface area contributed by atoms with E-state index in [9.17, 15) is 9.90 Å². The van der Waals surface area contributed by atoms with E-state index in [0.717, 1.165) is 17.2 Å². The number of para-hydroxylation sites is 1. The van der Waals surface area contributed by atoms with Crippen LogP contribution in [0.4, 0.5) is 0 Å². The molecule has 0 saturated heterocycles. The van der Waals surface area contributed by atoms with E-state index in [-0.39, 0.29) is 0 Å². The quantitative estimate of drug-likeness (QED) is 0.811. The van der Waals surface area contributed by atoms with Crippen molar-refractivity contribution in [1.29, 1.82) is 0 Å². The molecule has 1 heterocycles. The van der Waals surface area contributed by atoms with E-state index >= 15 is 0 Å². The lowest BCUT2D eigenvalue weighted by Gasteiger charge is -2.17. The van der Waals surface area contributed by atoms with Crippen LogP contribution in [-0.2, 0) is 6.54 Å². The van der Waals surface area contributed by atoms with Gasteiger partial charge in [-0.3, -0.25) is 4.79 Å². The lowest BCUT2D eigenvalue weighted by Crippen LogP contribution is -2.29. The summed E-state index contributed by atoms with van der Waals surface area (Å²) in [5, 5.41) is 10.9. The van der Waals surface area contributed by atoms with Gasteiger partial charge in [0.1, 0.15) is 0 Å². The molecular weight excluding hydrogens is 228 g/mol. The Morgan fingerprint density at radius 3 is 2.78 bits per heavy atom. The number of aldehydes is 1. The van der Waals surface area contributed by atoms with E-state index < -0.39 is 6.10 Å². The Kier molecular flexibility index (Phi) is 3.79. The first-order chi connectivity index (χ1) is 8.61. The van der Waals surface area contributed by atoms with Gasteiger partial charge in [-0.15, -0.1) is 0 Å². The van der Waals surface area contributed by atoms with Gasteiger partial charge >= 0.3 is 0 Å². The van der Waals surface area contributed by atoms with Crippen LogP contribution in [-0.4, -0.2) is 47.6 Å². The van der Waals surface area contributed by atoms with Crippen molar-refractivity contribution < 1.29 is 9.90 Å². The topological polar surface area (TPSA) is 45.5 Å². The molecule has 0 spiro atoms. The molecule has 0 radical (unpaired) electrons. The predicted molar refractivity (Wildman–Crippen MR) is 71.9 cm³/mol. The second kappa shape index (κ2) is 5.33. The Hall–Kier alpha value is -1.65. The molecule has 0 aliphatic carbocycles. The van der Waals surface area contributed by atoms with Crippen molar-refractivity contribution >= 4 is 17.2 Å². The molecule has 1 aromatic carbocycles. The molecule has 0 aliphatic heterocycles. The van der Waals surface area contributed by atoms with Gasteiger partial charge in [-0.2, -0.15) is 0 Å². The molecule has 0 fully saturated rings. The Labute approximate surface area is 106 Å². The summed E-state index contributed by atoms with van der Waals surface area (Å²) in [6.07, 6.45) is 2.21. The van der Waals surface area contributed by atoms with Crippen molar-refractivity contribution in [1.82, 2.24) is 9.47 Å². The summed E-state index contributed by atoms with van der Waals surface area (Å²) in [7, 11) is 3.85. The lowest BCUT2D eigenvalue weighted by atomic mass is 10.2. The van der Waals surface area contributed by atoms with Crippen LogP contribution < -0.4 is 0 Å². The molecule has 2 aromatic rings. The normalized spacial score (nSPS) is 13.1. The van der Waals surface area contributed by atoms with Crippen LogP contribution >= 0.6 is 0 Å². The Bertz CT molecular complexity index is 546. The number of nitrogens with zero attached hydrogens (tertiary/aromatic N) is 2. The fourth-order valence-corrected chi connectivity index (χ4v) is 2.23. The van der Waals surface area contributed by atoms with Gasteiger partial charge in [0.05, 0.1) is 6.10 Å². The zero-order valence-electron chi connectivity index (χ0n) is 10.7. The SMILES string of the molecule is CN(C)C[C@H](O)Cn1cc(C=O)c2ccccc21. The fourth-order valence-electron chi connectivity index (χ4n) is 2.23. The van der Waals surface area contributed by atoms with Gasteiger partial charge in [-0.1, -0.05) is 18.2 Å². The molecule has 2 rings (SSSR count). The molecule has 4 nitrogen and oxygen atoms in total. The van der Waals surface area contributed by atoms with E-state index in [1.165, 1.54) is 0 Å². The Morgan fingerprint density at radius 1 is 1.39 bits per heavy atom. The summed E-state index contributed by atoms with van der Waals surface area (Å²) in [4.78, 5) is 13.0. The maximum absolute atomic E-state index is 11.0. The first-order valence-corrected chi connectivity index (χ1v) is 5.97. The number of aliphatic hydroxyl groups excluding tert-OH is 1. The second-order valence-corrected chi connectivity index (χ2v) is 4.79. The standard InChI is InChI=1S/C14H18N2O2/c1-15(2)8-12(18)9-16-7-11(10-17)13-5-3-4-6-14(13)16/h3-7,10,12,18H,8-9H2,1-2H3/t12-/m0/s1. The van der Waals surface area contributed by atoms with Crippen LogP contribution in [0.2, 0.25) is 0 Å². The van der Waals surface area contributed by atoms with E-state index in [4.69, 9.17) is 0 Å². The highest BCUT2D eigenvalue weighted by molar-refractivity contribution is 5.97. The zero-order chi connectivity index (χ0) is 13.1. The lowest BCUT2D eigenvalue weighted by molar-refractivity contribution is 0.112. The minimum Gasteiger partial charge on any atom is -0.390 e. The average molecular weight is 246 g/mol. The van der Waals surface area contributed by atoms with E-state index in [0.29, 0.717) is 18.7 Å². The smallest absolute Gasteiger partial charge is 0.152 e. The molecule has 1 atom stereocenters. The number of aliphatic hydroxyl groups is 1. The molecule has 1 aromatic heterocycles. The molecule has 0 bridgehead atoms. The second-order valence-electron chi connectivity index (χ2n) is 4.79. The number of carbonyl (C=O) groups is 1. The maximum Gasteiger partial charge on any atom is 0.152 e. The van der Waals surface area contributed by atoms with Crippen LogP contribution in [0.5, 0.6) is 0 Å². The van der Waals surface area contributed by atoms with E-state index in [1.54, 1.807) is 6.20 Å². The molecular formula is C14H18N2O2. The predicted octanol–water partition coefficient (Wildman–Crippen LogP) is 1.38. The number of likely N-dealkylation sites (N-methyl/N-ethyl adjacent to an activating group) is 1. The maximum atomic E-state index is 11.0. The number of carbonyl (C=O) groups excluding carboxylic acids is 1. The van der Waals surface area contributed by atoms with Crippen molar-refractivity contribution in [2.24, 2.45) is 0 Å². The molecule has 18 heavy (non-hydrogen) atoms. The van der Waals surface area contributed by atoms with Crippen LogP contribution in [0.1, 0.15) is 10.4 Å². The molecule has 0 unspecified atom stereocenters. The third kappa shape index (κ3) is 2.60. The summed E-state index contributed by atoms with van der Waals surface area (Å²) < 4.78 is 1.94.